The first-order chi connectivity index (χ1) is 7.55. The maximum Gasteiger partial charge on any atom is 0.0693 e. The van der Waals surface area contributed by atoms with E-state index in [0.717, 1.165) is 32.2 Å². The van der Waals surface area contributed by atoms with Crippen LogP contribution in [0, 0.1) is 16.7 Å². The van der Waals surface area contributed by atoms with Gasteiger partial charge in [-0.15, -0.1) is 0 Å². The second kappa shape index (κ2) is 6.22. The molecule has 0 saturated heterocycles. The first-order valence-electron chi connectivity index (χ1n) is 6.33. The summed E-state index contributed by atoms with van der Waals surface area (Å²) in [5.41, 5.74) is 0.146. The van der Waals surface area contributed by atoms with E-state index < -0.39 is 0 Å². The summed E-state index contributed by atoms with van der Waals surface area (Å²) in [6.45, 7) is 5.23. The third-order valence-corrected chi connectivity index (χ3v) is 3.49. The fourth-order valence-electron chi connectivity index (χ4n) is 2.24. The molecule has 3 nitrogen and oxygen atoms in total. The highest BCUT2D eigenvalue weighted by Gasteiger charge is 2.25. The molecule has 0 aliphatic heterocycles. The monoisotopic (exact) mass is 224 g/mol. The van der Waals surface area contributed by atoms with Crippen molar-refractivity contribution in [2.24, 2.45) is 5.41 Å². The topological polar surface area (TPSA) is 56.0 Å². The zero-order chi connectivity index (χ0) is 12.0. The summed E-state index contributed by atoms with van der Waals surface area (Å²) in [4.78, 5) is 0. The van der Waals surface area contributed by atoms with Crippen LogP contribution in [0.1, 0.15) is 52.4 Å². The average Bonchev–Trinajstić information content (AvgIpc) is 2.26. The Morgan fingerprint density at radius 2 is 2.06 bits per heavy atom. The number of nitrogens with one attached hydrogen (secondary N) is 1. The first kappa shape index (κ1) is 13.5. The van der Waals surface area contributed by atoms with Crippen LogP contribution in [0.2, 0.25) is 0 Å². The Kier molecular flexibility index (Phi) is 5.24. The zero-order valence-electron chi connectivity index (χ0n) is 10.5. The van der Waals surface area contributed by atoms with Gasteiger partial charge in [-0.3, -0.25) is 0 Å². The summed E-state index contributed by atoms with van der Waals surface area (Å²) in [5, 5.41) is 21.9. The van der Waals surface area contributed by atoms with Gasteiger partial charge in [0.15, 0.2) is 0 Å². The summed E-state index contributed by atoms with van der Waals surface area (Å²) in [7, 11) is 0. The average molecular weight is 224 g/mol. The summed E-state index contributed by atoms with van der Waals surface area (Å²) in [5.74, 6) is 0. The van der Waals surface area contributed by atoms with Crippen molar-refractivity contribution in [2.45, 2.75) is 64.5 Å². The van der Waals surface area contributed by atoms with Crippen LogP contribution in [-0.4, -0.2) is 23.8 Å². The van der Waals surface area contributed by atoms with E-state index in [9.17, 15) is 5.11 Å². The highest BCUT2D eigenvalue weighted by molar-refractivity contribution is 4.84. The molecule has 0 aromatic carbocycles. The van der Waals surface area contributed by atoms with Gasteiger partial charge >= 0.3 is 0 Å². The molecule has 2 unspecified atom stereocenters. The van der Waals surface area contributed by atoms with Crippen LogP contribution in [-0.2, 0) is 0 Å². The predicted molar refractivity (Wildman–Crippen MR) is 64.9 cm³/mol. The largest absolute Gasteiger partial charge is 0.392 e. The van der Waals surface area contributed by atoms with Crippen molar-refractivity contribution in [3.8, 4) is 6.07 Å². The van der Waals surface area contributed by atoms with Gasteiger partial charge in [-0.2, -0.15) is 5.26 Å². The Morgan fingerprint density at radius 1 is 1.38 bits per heavy atom. The minimum atomic E-state index is -0.180. The Balaban J connectivity index is 2.29. The van der Waals surface area contributed by atoms with E-state index in [0.29, 0.717) is 6.42 Å². The van der Waals surface area contributed by atoms with Crippen LogP contribution >= 0.6 is 0 Å². The lowest BCUT2D eigenvalue weighted by molar-refractivity contribution is 0.0848. The molecule has 92 valence electrons. The second-order valence-electron chi connectivity index (χ2n) is 5.66. The number of nitrogens with zero attached hydrogens (tertiary/aromatic N) is 1. The van der Waals surface area contributed by atoms with Gasteiger partial charge in [-0.05, 0) is 24.7 Å². The molecule has 1 aliphatic carbocycles. The van der Waals surface area contributed by atoms with Crippen molar-refractivity contribution < 1.29 is 5.11 Å². The van der Waals surface area contributed by atoms with Gasteiger partial charge < -0.3 is 10.4 Å². The van der Waals surface area contributed by atoms with Crippen molar-refractivity contribution in [3.05, 3.63) is 0 Å². The Labute approximate surface area is 98.8 Å². The molecule has 0 radical (unpaired) electrons. The maximum atomic E-state index is 9.83. The smallest absolute Gasteiger partial charge is 0.0693 e. The fraction of sp³-hybridized carbons (Fsp3) is 0.923. The number of aliphatic hydroxyl groups is 1. The molecule has 3 heteroatoms. The van der Waals surface area contributed by atoms with Crippen molar-refractivity contribution in [1.29, 1.82) is 5.26 Å². The van der Waals surface area contributed by atoms with Crippen LogP contribution in [0.4, 0.5) is 0 Å². The summed E-state index contributed by atoms with van der Waals surface area (Å²) in [6.07, 6.45) is 5.72. The quantitative estimate of drug-likeness (QED) is 0.752. The van der Waals surface area contributed by atoms with Crippen LogP contribution in [0.3, 0.4) is 0 Å². The normalized spacial score (nSPS) is 26.4. The molecule has 2 N–H and O–H groups in total. The Bertz CT molecular complexity index is 245. The van der Waals surface area contributed by atoms with Crippen LogP contribution in [0.25, 0.3) is 0 Å². The molecular formula is C13H24N2O. The molecular weight excluding hydrogens is 200 g/mol. The summed E-state index contributed by atoms with van der Waals surface area (Å²) < 4.78 is 0. The standard InChI is InChI=1S/C13H24N2O/c1-13(2,8-5-9-14)10-15-11-6-3-4-7-12(11)16/h11-12,15-16H,3-8,10H2,1-2H3. The van der Waals surface area contributed by atoms with E-state index in [-0.39, 0.29) is 17.6 Å². The number of nitriles is 1. The van der Waals surface area contributed by atoms with Gasteiger partial charge in [-0.1, -0.05) is 26.7 Å². The fourth-order valence-corrected chi connectivity index (χ4v) is 2.24. The molecule has 1 saturated carbocycles. The lowest BCUT2D eigenvalue weighted by atomic mass is 9.86. The highest BCUT2D eigenvalue weighted by atomic mass is 16.3. The van der Waals surface area contributed by atoms with Crippen molar-refractivity contribution >= 4 is 0 Å². The molecule has 1 aliphatic rings. The van der Waals surface area contributed by atoms with E-state index in [1.165, 1.54) is 6.42 Å². The number of hydrogen-bond acceptors (Lipinski definition) is 3. The molecule has 2 atom stereocenters. The van der Waals surface area contributed by atoms with Gasteiger partial charge in [0.05, 0.1) is 12.2 Å². The molecule has 0 heterocycles. The zero-order valence-corrected chi connectivity index (χ0v) is 10.5. The molecule has 0 bridgehead atoms. The molecule has 1 rings (SSSR count). The van der Waals surface area contributed by atoms with Crippen molar-refractivity contribution in [3.63, 3.8) is 0 Å². The Hall–Kier alpha value is -0.590. The highest BCUT2D eigenvalue weighted by Crippen LogP contribution is 2.23. The summed E-state index contributed by atoms with van der Waals surface area (Å²) >= 11 is 0. The molecule has 0 aromatic heterocycles. The van der Waals surface area contributed by atoms with Crippen LogP contribution in [0.5, 0.6) is 0 Å². The van der Waals surface area contributed by atoms with Crippen LogP contribution < -0.4 is 5.32 Å². The SMILES string of the molecule is CC(C)(CCC#N)CNC1CCCCC1O. The third kappa shape index (κ3) is 4.51. The van der Waals surface area contributed by atoms with Gasteiger partial charge in [0.2, 0.25) is 0 Å². The lowest BCUT2D eigenvalue weighted by Crippen LogP contribution is -2.45. The van der Waals surface area contributed by atoms with E-state index in [1.807, 2.05) is 0 Å². The number of aliphatic hydroxyl groups excluding tert-OH is 1. The third-order valence-electron chi connectivity index (χ3n) is 3.49. The van der Waals surface area contributed by atoms with E-state index in [4.69, 9.17) is 5.26 Å². The minimum absolute atomic E-state index is 0.146. The van der Waals surface area contributed by atoms with E-state index >= 15 is 0 Å². The van der Waals surface area contributed by atoms with E-state index in [2.05, 4.69) is 25.2 Å². The van der Waals surface area contributed by atoms with Crippen LogP contribution in [0.15, 0.2) is 0 Å². The predicted octanol–water partition coefficient (Wildman–Crippen LogP) is 2.21. The van der Waals surface area contributed by atoms with Gasteiger partial charge in [0, 0.05) is 19.0 Å². The number of rotatable bonds is 5. The maximum absolute atomic E-state index is 9.83. The van der Waals surface area contributed by atoms with Crippen molar-refractivity contribution in [2.75, 3.05) is 6.54 Å². The van der Waals surface area contributed by atoms with E-state index in [1.54, 1.807) is 0 Å². The van der Waals surface area contributed by atoms with Gasteiger partial charge in [0.1, 0.15) is 0 Å². The first-order valence-corrected chi connectivity index (χ1v) is 6.33. The number of hydrogen-bond donors (Lipinski definition) is 2. The second-order valence-corrected chi connectivity index (χ2v) is 5.66. The Morgan fingerprint density at radius 3 is 2.69 bits per heavy atom. The minimum Gasteiger partial charge on any atom is -0.392 e. The lowest BCUT2D eigenvalue weighted by Gasteiger charge is -2.32. The molecule has 16 heavy (non-hydrogen) atoms. The molecule has 0 spiro atoms. The molecule has 0 amide bonds. The summed E-state index contributed by atoms with van der Waals surface area (Å²) in [6, 6.07) is 2.45. The van der Waals surface area contributed by atoms with Crippen molar-refractivity contribution in [1.82, 2.24) is 5.32 Å². The molecule has 1 fully saturated rings. The van der Waals surface area contributed by atoms with Gasteiger partial charge in [0.25, 0.3) is 0 Å². The van der Waals surface area contributed by atoms with Gasteiger partial charge in [-0.25, -0.2) is 0 Å². The molecule has 0 aromatic rings.